The van der Waals surface area contributed by atoms with E-state index in [1.54, 1.807) is 34.6 Å². The number of rotatable bonds is 4. The summed E-state index contributed by atoms with van der Waals surface area (Å²) >= 11 is 0. The lowest BCUT2D eigenvalue weighted by molar-refractivity contribution is 0.0980. The molecule has 5 aromatic heterocycles. The maximum atomic E-state index is 11.8. The molecular weight excluding hydrogens is 542 g/mol. The molecule has 0 aliphatic heterocycles. The van der Waals surface area contributed by atoms with Crippen molar-refractivity contribution in [2.24, 2.45) is 11.5 Å². The van der Waals surface area contributed by atoms with Gasteiger partial charge in [-0.25, -0.2) is 9.97 Å². The van der Waals surface area contributed by atoms with E-state index in [4.69, 9.17) is 17.9 Å². The van der Waals surface area contributed by atoms with Crippen molar-refractivity contribution in [2.45, 2.75) is 34.6 Å². The van der Waals surface area contributed by atoms with E-state index >= 15 is 0 Å². The van der Waals surface area contributed by atoms with E-state index in [-0.39, 0.29) is 11.6 Å². The van der Waals surface area contributed by atoms with E-state index in [0.29, 0.717) is 22.8 Å². The molecule has 0 aromatic carbocycles. The van der Waals surface area contributed by atoms with Crippen molar-refractivity contribution >= 4 is 11.8 Å². The van der Waals surface area contributed by atoms with E-state index in [1.807, 2.05) is 64.1 Å². The number of terminal acetylenes is 1. The summed E-state index contributed by atoms with van der Waals surface area (Å²) in [6.07, 6.45) is 10.4. The molecule has 5 heterocycles. The predicted octanol–water partition coefficient (Wildman–Crippen LogP) is 3.05. The maximum Gasteiger partial charge on any atom is 0.285 e. The third-order valence-corrected chi connectivity index (χ3v) is 6.32. The second-order valence-electron chi connectivity index (χ2n) is 9.53. The number of aryl methyl sites for hydroxylation is 3. The van der Waals surface area contributed by atoms with Gasteiger partial charge in [-0.15, -0.1) is 6.42 Å². The molecule has 11 heteroatoms. The Kier molecular flexibility index (Phi) is 8.78. The number of primary amides is 2. The van der Waals surface area contributed by atoms with E-state index in [0.717, 1.165) is 34.0 Å². The highest BCUT2D eigenvalue weighted by molar-refractivity contribution is 5.91. The Morgan fingerprint density at radius 3 is 1.65 bits per heavy atom. The molecular formula is C32H29N9O2. The Morgan fingerprint density at radius 1 is 0.698 bits per heavy atom. The molecule has 0 aliphatic carbocycles. The normalized spacial score (nSPS) is 10.1. The number of hydrogen-bond donors (Lipinski definition) is 2. The minimum Gasteiger partial charge on any atom is -0.363 e. The molecule has 11 nitrogen and oxygen atoms in total. The number of nitrogens with two attached hydrogens (primary N) is 2. The Morgan fingerprint density at radius 2 is 1.21 bits per heavy atom. The smallest absolute Gasteiger partial charge is 0.285 e. The summed E-state index contributed by atoms with van der Waals surface area (Å²) in [4.78, 5) is 44.2. The average Bonchev–Trinajstić information content (AvgIpc) is 3.50. The van der Waals surface area contributed by atoms with Crippen LogP contribution >= 0.6 is 0 Å². The first-order valence-corrected chi connectivity index (χ1v) is 13.1. The summed E-state index contributed by atoms with van der Waals surface area (Å²) < 4.78 is 3.29. The van der Waals surface area contributed by atoms with Gasteiger partial charge in [-0.05, 0) is 82.9 Å². The fourth-order valence-corrected chi connectivity index (χ4v) is 4.16. The van der Waals surface area contributed by atoms with Crippen LogP contribution in [0.25, 0.3) is 11.4 Å². The number of carbonyl (C=O) groups excluding carboxylic acids is 2. The Hall–Kier alpha value is -6.07. The van der Waals surface area contributed by atoms with Gasteiger partial charge in [0.15, 0.2) is 0 Å². The van der Waals surface area contributed by atoms with E-state index in [2.05, 4.69) is 42.7 Å². The van der Waals surface area contributed by atoms with E-state index in [9.17, 15) is 9.59 Å². The van der Waals surface area contributed by atoms with E-state index in [1.165, 1.54) is 0 Å². The molecule has 0 bridgehead atoms. The van der Waals surface area contributed by atoms with Crippen LogP contribution in [0.3, 0.4) is 0 Å². The lowest BCUT2D eigenvalue weighted by atomic mass is 10.2. The quantitative estimate of drug-likeness (QED) is 0.314. The Balaban J connectivity index is 0.000000208. The van der Waals surface area contributed by atoms with Crippen molar-refractivity contribution in [3.8, 4) is 35.6 Å². The van der Waals surface area contributed by atoms with Crippen LogP contribution in [0.5, 0.6) is 0 Å². The molecule has 5 aromatic rings. The van der Waals surface area contributed by atoms with Gasteiger partial charge in [-0.1, -0.05) is 5.92 Å². The minimum absolute atomic E-state index is 0.117. The van der Waals surface area contributed by atoms with Crippen LogP contribution in [0.1, 0.15) is 66.7 Å². The molecule has 0 spiro atoms. The standard InChI is InChI=1S/C19H17N5O.C13H12N4O/c1-12-4-6-16(11-22-12)24-14(3)17(23-19(24)18(20)25)7-5-15-8-9-21-13(2)10-15;1-4-11-9(3)17(13(16-11)12(14)18)10-6-5-8(2)15-7-10/h4,6,8-11H,1-3H3,(H2,20,25);1,5-7H,2-3H3,(H2,14,18). The summed E-state index contributed by atoms with van der Waals surface area (Å²) in [6, 6.07) is 11.1. The van der Waals surface area contributed by atoms with Crippen LogP contribution in [-0.4, -0.2) is 45.9 Å². The van der Waals surface area contributed by atoms with Gasteiger partial charge in [0, 0.05) is 28.8 Å². The first-order chi connectivity index (χ1) is 20.5. The monoisotopic (exact) mass is 571 g/mol. The summed E-state index contributed by atoms with van der Waals surface area (Å²) in [6.45, 7) is 9.32. The number of aromatic nitrogens is 7. The summed E-state index contributed by atoms with van der Waals surface area (Å²) in [5.41, 5.74) is 18.1. The zero-order valence-corrected chi connectivity index (χ0v) is 24.4. The third kappa shape index (κ3) is 6.64. The molecule has 4 N–H and O–H groups in total. The van der Waals surface area contributed by atoms with Crippen molar-refractivity contribution in [1.82, 2.24) is 34.1 Å². The van der Waals surface area contributed by atoms with Gasteiger partial charge < -0.3 is 11.5 Å². The highest BCUT2D eigenvalue weighted by Crippen LogP contribution is 2.18. The first-order valence-electron chi connectivity index (χ1n) is 13.1. The van der Waals surface area contributed by atoms with Crippen LogP contribution in [-0.2, 0) is 0 Å². The molecule has 0 radical (unpaired) electrons. The van der Waals surface area contributed by atoms with Crippen molar-refractivity contribution in [3.63, 3.8) is 0 Å². The van der Waals surface area contributed by atoms with Gasteiger partial charge in [0.1, 0.15) is 11.4 Å². The van der Waals surface area contributed by atoms with Crippen LogP contribution in [0.2, 0.25) is 0 Å². The number of hydrogen-bond acceptors (Lipinski definition) is 7. The van der Waals surface area contributed by atoms with Gasteiger partial charge >= 0.3 is 0 Å². The van der Waals surface area contributed by atoms with Gasteiger partial charge in [0.25, 0.3) is 11.8 Å². The van der Waals surface area contributed by atoms with Gasteiger partial charge in [-0.3, -0.25) is 33.7 Å². The second kappa shape index (κ2) is 12.6. The van der Waals surface area contributed by atoms with Crippen LogP contribution in [0.4, 0.5) is 0 Å². The third-order valence-electron chi connectivity index (χ3n) is 6.32. The molecule has 5 rings (SSSR count). The fourth-order valence-electron chi connectivity index (χ4n) is 4.16. The van der Waals surface area contributed by atoms with Crippen LogP contribution < -0.4 is 11.5 Å². The molecule has 2 amide bonds. The van der Waals surface area contributed by atoms with Crippen LogP contribution in [0, 0.1) is 58.8 Å². The SMILES string of the molecule is C#Cc1nc(C(N)=O)n(-c2ccc(C)nc2)c1C.Cc1ccc(-n2c(C(N)=O)nc(C#Cc3ccnc(C)c3)c2C)cn1. The highest BCUT2D eigenvalue weighted by Gasteiger charge is 2.19. The molecule has 0 fully saturated rings. The number of carbonyl (C=O) groups is 2. The van der Waals surface area contributed by atoms with Crippen molar-refractivity contribution in [3.05, 3.63) is 112 Å². The predicted molar refractivity (Wildman–Crippen MR) is 162 cm³/mol. The highest BCUT2D eigenvalue weighted by atomic mass is 16.1. The molecule has 43 heavy (non-hydrogen) atoms. The molecule has 214 valence electrons. The van der Waals surface area contributed by atoms with Gasteiger partial charge in [0.2, 0.25) is 11.6 Å². The van der Waals surface area contributed by atoms with Crippen LogP contribution in [0.15, 0.2) is 55.0 Å². The topological polar surface area (TPSA) is 160 Å². The second-order valence-corrected chi connectivity index (χ2v) is 9.53. The zero-order chi connectivity index (χ0) is 31.3. The van der Waals surface area contributed by atoms with Crippen molar-refractivity contribution in [2.75, 3.05) is 0 Å². The number of pyridine rings is 3. The molecule has 0 saturated carbocycles. The summed E-state index contributed by atoms with van der Waals surface area (Å²) in [5, 5.41) is 0. The van der Waals surface area contributed by atoms with E-state index < -0.39 is 11.8 Å². The molecule has 0 atom stereocenters. The molecule has 0 aliphatic rings. The number of amides is 2. The summed E-state index contributed by atoms with van der Waals surface area (Å²) in [5.74, 6) is 7.51. The lowest BCUT2D eigenvalue weighted by Gasteiger charge is -2.07. The molecule has 0 unspecified atom stereocenters. The average molecular weight is 572 g/mol. The summed E-state index contributed by atoms with van der Waals surface area (Å²) in [7, 11) is 0. The Labute approximate surface area is 249 Å². The lowest BCUT2D eigenvalue weighted by Crippen LogP contribution is -2.18. The minimum atomic E-state index is -0.625. The fraction of sp³-hybridized carbons (Fsp3) is 0.156. The maximum absolute atomic E-state index is 11.8. The first kappa shape index (κ1) is 29.9. The van der Waals surface area contributed by atoms with Gasteiger partial charge in [0.05, 0.1) is 35.2 Å². The van der Waals surface area contributed by atoms with Crippen molar-refractivity contribution < 1.29 is 9.59 Å². The number of nitrogens with zero attached hydrogens (tertiary/aromatic N) is 7. The Bertz CT molecular complexity index is 1930. The van der Waals surface area contributed by atoms with Crippen molar-refractivity contribution in [1.29, 1.82) is 0 Å². The molecule has 0 saturated heterocycles. The van der Waals surface area contributed by atoms with Gasteiger partial charge in [-0.2, -0.15) is 0 Å². The largest absolute Gasteiger partial charge is 0.363 e. The number of imidazole rings is 2. The zero-order valence-electron chi connectivity index (χ0n) is 24.4.